The third kappa shape index (κ3) is 1.59. The quantitative estimate of drug-likeness (QED) is 0.650. The molecule has 108 valence electrons. The lowest BCUT2D eigenvalue weighted by molar-refractivity contribution is 0.225. The SMILES string of the molecule is CN1CCc2c(O)ccc3c2[C@H]1Cc1ccc(O)c(O)c1-3. The molecule has 1 heterocycles. The second kappa shape index (κ2) is 4.15. The van der Waals surface area contributed by atoms with E-state index >= 15 is 0 Å². The summed E-state index contributed by atoms with van der Waals surface area (Å²) < 4.78 is 0. The van der Waals surface area contributed by atoms with Gasteiger partial charge in [-0.05, 0) is 48.7 Å². The molecule has 4 nitrogen and oxygen atoms in total. The van der Waals surface area contributed by atoms with E-state index in [-0.39, 0.29) is 17.5 Å². The molecule has 1 aliphatic carbocycles. The van der Waals surface area contributed by atoms with Crippen molar-refractivity contribution >= 4 is 0 Å². The largest absolute Gasteiger partial charge is 0.508 e. The molecule has 0 saturated heterocycles. The molecule has 0 saturated carbocycles. The van der Waals surface area contributed by atoms with E-state index < -0.39 is 0 Å². The van der Waals surface area contributed by atoms with Crippen LogP contribution in [0.5, 0.6) is 17.2 Å². The number of fused-ring (bicyclic) bond motifs is 2. The minimum atomic E-state index is -0.0989. The van der Waals surface area contributed by atoms with Crippen LogP contribution in [0.15, 0.2) is 24.3 Å². The molecule has 0 aromatic heterocycles. The molecule has 0 bridgehead atoms. The van der Waals surface area contributed by atoms with E-state index in [9.17, 15) is 15.3 Å². The second-order valence-electron chi connectivity index (χ2n) is 5.94. The maximum atomic E-state index is 10.3. The Morgan fingerprint density at radius 1 is 1.05 bits per heavy atom. The highest BCUT2D eigenvalue weighted by Crippen LogP contribution is 2.51. The molecular weight excluding hydrogens is 266 g/mol. The van der Waals surface area contributed by atoms with Crippen LogP contribution in [0.1, 0.15) is 22.7 Å². The molecular formula is C17H17NO3. The van der Waals surface area contributed by atoms with E-state index in [2.05, 4.69) is 11.9 Å². The third-order valence-corrected chi connectivity index (χ3v) is 4.84. The van der Waals surface area contributed by atoms with Gasteiger partial charge in [0.05, 0.1) is 0 Å². The van der Waals surface area contributed by atoms with Gasteiger partial charge in [0.2, 0.25) is 0 Å². The number of benzene rings is 2. The Morgan fingerprint density at radius 3 is 2.62 bits per heavy atom. The fraction of sp³-hybridized carbons (Fsp3) is 0.294. The summed E-state index contributed by atoms with van der Waals surface area (Å²) in [6, 6.07) is 7.17. The summed E-state index contributed by atoms with van der Waals surface area (Å²) in [5.74, 6) is 0.167. The predicted octanol–water partition coefficient (Wildman–Crippen LogP) is 2.56. The van der Waals surface area contributed by atoms with Crippen LogP contribution in [0.2, 0.25) is 0 Å². The van der Waals surface area contributed by atoms with Crippen LogP contribution in [0.3, 0.4) is 0 Å². The first-order chi connectivity index (χ1) is 10.1. The Kier molecular flexibility index (Phi) is 2.48. The monoisotopic (exact) mass is 283 g/mol. The van der Waals surface area contributed by atoms with Crippen LogP contribution in [0, 0.1) is 0 Å². The fourth-order valence-electron chi connectivity index (χ4n) is 3.74. The van der Waals surface area contributed by atoms with Crippen LogP contribution in [-0.4, -0.2) is 33.8 Å². The zero-order chi connectivity index (χ0) is 14.7. The van der Waals surface area contributed by atoms with Crippen molar-refractivity contribution in [3.63, 3.8) is 0 Å². The van der Waals surface area contributed by atoms with Crippen LogP contribution in [0.4, 0.5) is 0 Å². The van der Waals surface area contributed by atoms with Crippen molar-refractivity contribution in [1.82, 2.24) is 4.90 Å². The minimum absolute atomic E-state index is 0.0629. The van der Waals surface area contributed by atoms with Gasteiger partial charge in [-0.1, -0.05) is 12.1 Å². The number of phenolic OH excluding ortho intramolecular Hbond substituents is 3. The van der Waals surface area contributed by atoms with Gasteiger partial charge in [-0.25, -0.2) is 0 Å². The number of hydrogen-bond donors (Lipinski definition) is 3. The Labute approximate surface area is 122 Å². The number of aromatic hydroxyl groups is 3. The molecule has 0 unspecified atom stereocenters. The summed E-state index contributed by atoms with van der Waals surface area (Å²) in [4.78, 5) is 2.29. The normalized spacial score (nSPS) is 20.0. The van der Waals surface area contributed by atoms with E-state index in [1.165, 1.54) is 0 Å². The van der Waals surface area contributed by atoms with Gasteiger partial charge < -0.3 is 15.3 Å². The van der Waals surface area contributed by atoms with Gasteiger partial charge >= 0.3 is 0 Å². The minimum Gasteiger partial charge on any atom is -0.508 e. The first-order valence-electron chi connectivity index (χ1n) is 7.17. The van der Waals surface area contributed by atoms with Gasteiger partial charge in [0, 0.05) is 23.7 Å². The number of likely N-dealkylation sites (N-methyl/N-ethyl adjacent to an activating group) is 1. The average Bonchev–Trinajstić information content (AvgIpc) is 2.48. The molecule has 2 aliphatic rings. The molecule has 1 atom stereocenters. The second-order valence-corrected chi connectivity index (χ2v) is 5.94. The average molecular weight is 283 g/mol. The molecule has 0 fully saturated rings. The standard InChI is InChI=1S/C17H17NO3/c1-18-7-6-10-13(19)5-3-11-15-9(8-12(18)16(10)11)2-4-14(20)17(15)21/h2-5,12,19-21H,6-8H2,1H3/t12-/m1/s1. The van der Waals surface area contributed by atoms with E-state index in [1.54, 1.807) is 12.1 Å². The van der Waals surface area contributed by atoms with Gasteiger partial charge in [0.15, 0.2) is 11.5 Å². The fourth-order valence-corrected chi connectivity index (χ4v) is 3.74. The van der Waals surface area contributed by atoms with Crippen LogP contribution >= 0.6 is 0 Å². The molecule has 2 aromatic rings. The Bertz CT molecular complexity index is 754. The lowest BCUT2D eigenvalue weighted by Gasteiger charge is -2.40. The first-order valence-corrected chi connectivity index (χ1v) is 7.17. The summed E-state index contributed by atoms with van der Waals surface area (Å²) in [7, 11) is 2.09. The van der Waals surface area contributed by atoms with Crippen molar-refractivity contribution in [1.29, 1.82) is 0 Å². The van der Waals surface area contributed by atoms with Crippen molar-refractivity contribution < 1.29 is 15.3 Å². The zero-order valence-corrected chi connectivity index (χ0v) is 11.8. The Hall–Kier alpha value is -2.20. The highest BCUT2D eigenvalue weighted by molar-refractivity contribution is 5.83. The van der Waals surface area contributed by atoms with E-state index in [1.807, 2.05) is 12.1 Å². The Morgan fingerprint density at radius 2 is 1.81 bits per heavy atom. The van der Waals surface area contributed by atoms with E-state index in [0.29, 0.717) is 11.3 Å². The maximum Gasteiger partial charge on any atom is 0.165 e. The summed E-state index contributed by atoms with van der Waals surface area (Å²) in [5, 5.41) is 30.2. The first kappa shape index (κ1) is 12.5. The lowest BCUT2D eigenvalue weighted by atomic mass is 9.76. The van der Waals surface area contributed by atoms with Gasteiger partial charge in [-0.2, -0.15) is 0 Å². The van der Waals surface area contributed by atoms with Gasteiger partial charge in [-0.3, -0.25) is 4.90 Å². The van der Waals surface area contributed by atoms with Gasteiger partial charge in [0.25, 0.3) is 0 Å². The highest BCUT2D eigenvalue weighted by atomic mass is 16.3. The number of nitrogens with zero attached hydrogens (tertiary/aromatic N) is 1. The van der Waals surface area contributed by atoms with Crippen LogP contribution in [0.25, 0.3) is 11.1 Å². The van der Waals surface area contributed by atoms with Gasteiger partial charge in [0.1, 0.15) is 5.75 Å². The van der Waals surface area contributed by atoms with Gasteiger partial charge in [-0.15, -0.1) is 0 Å². The molecule has 0 amide bonds. The molecule has 0 radical (unpaired) electrons. The molecule has 3 N–H and O–H groups in total. The number of phenols is 3. The summed E-state index contributed by atoms with van der Waals surface area (Å²) in [6.07, 6.45) is 1.58. The van der Waals surface area contributed by atoms with Crippen molar-refractivity contribution in [2.75, 3.05) is 13.6 Å². The van der Waals surface area contributed by atoms with Crippen LogP contribution < -0.4 is 0 Å². The third-order valence-electron chi connectivity index (χ3n) is 4.84. The van der Waals surface area contributed by atoms with Crippen LogP contribution in [-0.2, 0) is 12.8 Å². The number of rotatable bonds is 0. The van der Waals surface area contributed by atoms with E-state index in [4.69, 9.17) is 0 Å². The zero-order valence-electron chi connectivity index (χ0n) is 11.8. The molecule has 4 rings (SSSR count). The molecule has 0 spiro atoms. The smallest absolute Gasteiger partial charge is 0.165 e. The van der Waals surface area contributed by atoms with Crippen molar-refractivity contribution in [3.05, 3.63) is 41.0 Å². The predicted molar refractivity (Wildman–Crippen MR) is 79.7 cm³/mol. The highest BCUT2D eigenvalue weighted by Gasteiger charge is 2.35. The lowest BCUT2D eigenvalue weighted by Crippen LogP contribution is -2.35. The molecule has 1 aliphatic heterocycles. The molecule has 21 heavy (non-hydrogen) atoms. The number of hydrogen-bond acceptors (Lipinski definition) is 4. The summed E-state index contributed by atoms with van der Waals surface area (Å²) in [6.45, 7) is 0.911. The summed E-state index contributed by atoms with van der Waals surface area (Å²) in [5.41, 5.74) is 4.74. The maximum absolute atomic E-state index is 10.3. The Balaban J connectivity index is 2.07. The van der Waals surface area contributed by atoms with Crippen molar-refractivity contribution in [3.8, 4) is 28.4 Å². The topological polar surface area (TPSA) is 63.9 Å². The molecule has 4 heteroatoms. The van der Waals surface area contributed by atoms with E-state index in [0.717, 1.165) is 41.6 Å². The van der Waals surface area contributed by atoms with Crippen molar-refractivity contribution in [2.45, 2.75) is 18.9 Å². The molecule has 2 aromatic carbocycles. The van der Waals surface area contributed by atoms with Crippen molar-refractivity contribution in [2.24, 2.45) is 0 Å². The summed E-state index contributed by atoms with van der Waals surface area (Å²) >= 11 is 0.